The average Bonchev–Trinajstić information content (AvgIpc) is 3.13. The van der Waals surface area contributed by atoms with Crippen LogP contribution in [0.5, 0.6) is 0 Å². The maximum Gasteiger partial charge on any atom is 0.256 e. The van der Waals surface area contributed by atoms with Gasteiger partial charge in [0.2, 0.25) is 0 Å². The van der Waals surface area contributed by atoms with E-state index in [1.807, 2.05) is 41.4 Å². The Morgan fingerprint density at radius 3 is 2.79 bits per heavy atom. The van der Waals surface area contributed by atoms with Crippen LogP contribution in [0.15, 0.2) is 49.1 Å². The van der Waals surface area contributed by atoms with Gasteiger partial charge in [0.25, 0.3) is 5.91 Å². The summed E-state index contributed by atoms with van der Waals surface area (Å²) in [5, 5.41) is 9.79. The number of piperidine rings is 1. The summed E-state index contributed by atoms with van der Waals surface area (Å²) < 4.78 is 2.10. The van der Waals surface area contributed by atoms with E-state index in [2.05, 4.69) is 20.6 Å². The van der Waals surface area contributed by atoms with Crippen LogP contribution in [0.2, 0.25) is 0 Å². The summed E-state index contributed by atoms with van der Waals surface area (Å²) in [4.78, 5) is 23.5. The van der Waals surface area contributed by atoms with Gasteiger partial charge in [0, 0.05) is 61.0 Å². The molecule has 0 bridgehead atoms. The van der Waals surface area contributed by atoms with Crippen LogP contribution in [0.1, 0.15) is 47.7 Å². The first-order valence-electron chi connectivity index (χ1n) is 9.78. The Labute approximate surface area is 164 Å². The standard InChI is InChI=1S/C22H23N5O/c23-10-3-4-12-27-15-19(18-5-1-2-6-21(18)27)22(28)26-13-8-17(9-14-26)20-7-11-24-16-25-20/h1-2,5-7,11,15-17H,3-4,8-9,12-14H2. The number of benzene rings is 1. The fourth-order valence-corrected chi connectivity index (χ4v) is 4.02. The second-order valence-corrected chi connectivity index (χ2v) is 7.22. The molecule has 6 heteroatoms. The van der Waals surface area contributed by atoms with E-state index in [-0.39, 0.29) is 5.91 Å². The molecule has 0 spiro atoms. The molecule has 4 rings (SSSR count). The topological polar surface area (TPSA) is 74.8 Å². The molecule has 1 aliphatic rings. The van der Waals surface area contributed by atoms with Crippen molar-refractivity contribution in [3.8, 4) is 6.07 Å². The van der Waals surface area contributed by atoms with Crippen LogP contribution in [0.3, 0.4) is 0 Å². The van der Waals surface area contributed by atoms with E-state index in [9.17, 15) is 4.79 Å². The number of amides is 1. The summed E-state index contributed by atoms with van der Waals surface area (Å²) in [6.45, 7) is 2.22. The minimum Gasteiger partial charge on any atom is -0.347 e. The number of carbonyl (C=O) groups is 1. The van der Waals surface area contributed by atoms with Crippen molar-refractivity contribution in [2.24, 2.45) is 0 Å². The summed E-state index contributed by atoms with van der Waals surface area (Å²) in [7, 11) is 0. The molecule has 0 N–H and O–H groups in total. The molecule has 0 radical (unpaired) electrons. The maximum atomic E-state index is 13.2. The van der Waals surface area contributed by atoms with Gasteiger partial charge >= 0.3 is 0 Å². The predicted molar refractivity (Wildman–Crippen MR) is 107 cm³/mol. The lowest BCUT2D eigenvalue weighted by Gasteiger charge is -2.31. The number of likely N-dealkylation sites (tertiary alicyclic amines) is 1. The zero-order valence-corrected chi connectivity index (χ0v) is 15.8. The van der Waals surface area contributed by atoms with Gasteiger partial charge in [0.05, 0.1) is 11.6 Å². The number of aromatic nitrogens is 3. The monoisotopic (exact) mass is 373 g/mol. The van der Waals surface area contributed by atoms with Crippen molar-refractivity contribution in [1.82, 2.24) is 19.4 Å². The van der Waals surface area contributed by atoms with Gasteiger partial charge in [-0.15, -0.1) is 0 Å². The fourth-order valence-electron chi connectivity index (χ4n) is 4.02. The molecule has 0 saturated carbocycles. The highest BCUT2D eigenvalue weighted by Crippen LogP contribution is 2.29. The van der Waals surface area contributed by atoms with Crippen molar-refractivity contribution in [3.63, 3.8) is 0 Å². The molecule has 142 valence electrons. The van der Waals surface area contributed by atoms with E-state index in [0.29, 0.717) is 12.3 Å². The van der Waals surface area contributed by atoms with Crippen molar-refractivity contribution in [1.29, 1.82) is 5.26 Å². The summed E-state index contributed by atoms with van der Waals surface area (Å²) in [5.41, 5.74) is 2.88. The molecular formula is C22H23N5O. The molecule has 3 aromatic rings. The number of aryl methyl sites for hydroxylation is 1. The normalized spacial score (nSPS) is 14.9. The molecule has 1 amide bonds. The first kappa shape index (κ1) is 18.2. The Kier molecular flexibility index (Phi) is 5.34. The molecule has 6 nitrogen and oxygen atoms in total. The zero-order chi connectivity index (χ0) is 19.3. The van der Waals surface area contributed by atoms with Crippen LogP contribution in [-0.4, -0.2) is 38.4 Å². The van der Waals surface area contributed by atoms with Crippen molar-refractivity contribution >= 4 is 16.8 Å². The SMILES string of the molecule is N#CCCCn1cc(C(=O)N2CCC(c3ccncn3)CC2)c2ccccc21. The molecule has 0 aliphatic carbocycles. The third-order valence-corrected chi connectivity index (χ3v) is 5.51. The van der Waals surface area contributed by atoms with Gasteiger partial charge in [-0.2, -0.15) is 5.26 Å². The van der Waals surface area contributed by atoms with Gasteiger partial charge in [0.1, 0.15) is 6.33 Å². The lowest BCUT2D eigenvalue weighted by Crippen LogP contribution is -2.38. The van der Waals surface area contributed by atoms with Crippen LogP contribution in [0, 0.1) is 11.3 Å². The number of nitrogens with zero attached hydrogens (tertiary/aromatic N) is 5. The third kappa shape index (κ3) is 3.61. The van der Waals surface area contributed by atoms with E-state index in [4.69, 9.17) is 5.26 Å². The lowest BCUT2D eigenvalue weighted by atomic mass is 9.93. The summed E-state index contributed by atoms with van der Waals surface area (Å²) in [5.74, 6) is 0.482. The first-order chi connectivity index (χ1) is 13.8. The number of fused-ring (bicyclic) bond motifs is 1. The smallest absolute Gasteiger partial charge is 0.256 e. The Morgan fingerprint density at radius 2 is 2.04 bits per heavy atom. The van der Waals surface area contributed by atoms with E-state index in [1.54, 1.807) is 12.5 Å². The van der Waals surface area contributed by atoms with E-state index in [1.165, 1.54) is 0 Å². The number of carbonyl (C=O) groups excluding carboxylic acids is 1. The van der Waals surface area contributed by atoms with E-state index >= 15 is 0 Å². The number of hydrogen-bond donors (Lipinski definition) is 0. The highest BCUT2D eigenvalue weighted by molar-refractivity contribution is 6.07. The minimum absolute atomic E-state index is 0.0939. The predicted octanol–water partition coefficient (Wildman–Crippen LogP) is 3.75. The van der Waals surface area contributed by atoms with Gasteiger partial charge < -0.3 is 9.47 Å². The van der Waals surface area contributed by atoms with Gasteiger partial charge in [0.15, 0.2) is 0 Å². The van der Waals surface area contributed by atoms with Crippen molar-refractivity contribution in [3.05, 3.63) is 60.3 Å². The van der Waals surface area contributed by atoms with Crippen LogP contribution < -0.4 is 0 Å². The molecule has 3 heterocycles. The van der Waals surface area contributed by atoms with Gasteiger partial charge in [-0.25, -0.2) is 9.97 Å². The third-order valence-electron chi connectivity index (χ3n) is 5.51. The second-order valence-electron chi connectivity index (χ2n) is 7.22. The fraction of sp³-hybridized carbons (Fsp3) is 0.364. The molecule has 0 unspecified atom stereocenters. The maximum absolute atomic E-state index is 13.2. The van der Waals surface area contributed by atoms with Crippen LogP contribution in [-0.2, 0) is 6.54 Å². The molecule has 1 aliphatic heterocycles. The second kappa shape index (κ2) is 8.22. The summed E-state index contributed by atoms with van der Waals surface area (Å²) >= 11 is 0. The van der Waals surface area contributed by atoms with Gasteiger partial charge in [-0.05, 0) is 31.4 Å². The van der Waals surface area contributed by atoms with Crippen LogP contribution in [0.25, 0.3) is 10.9 Å². The Balaban J connectivity index is 1.51. The zero-order valence-electron chi connectivity index (χ0n) is 15.8. The number of rotatable bonds is 5. The molecule has 1 saturated heterocycles. The highest BCUT2D eigenvalue weighted by Gasteiger charge is 2.27. The van der Waals surface area contributed by atoms with E-state index in [0.717, 1.165) is 61.1 Å². The molecular weight excluding hydrogens is 350 g/mol. The molecule has 1 aromatic carbocycles. The Morgan fingerprint density at radius 1 is 1.21 bits per heavy atom. The van der Waals surface area contributed by atoms with Crippen molar-refractivity contribution in [2.45, 2.75) is 38.1 Å². The van der Waals surface area contributed by atoms with Gasteiger partial charge in [-0.1, -0.05) is 18.2 Å². The number of para-hydroxylation sites is 1. The average molecular weight is 373 g/mol. The van der Waals surface area contributed by atoms with Crippen molar-refractivity contribution < 1.29 is 4.79 Å². The van der Waals surface area contributed by atoms with E-state index < -0.39 is 0 Å². The number of unbranched alkanes of at least 4 members (excludes halogenated alkanes) is 1. The Bertz CT molecular complexity index is 997. The molecule has 0 atom stereocenters. The van der Waals surface area contributed by atoms with Crippen LogP contribution in [0.4, 0.5) is 0 Å². The minimum atomic E-state index is 0.0939. The lowest BCUT2D eigenvalue weighted by molar-refractivity contribution is 0.0714. The number of nitriles is 1. The highest BCUT2D eigenvalue weighted by atomic mass is 16.2. The van der Waals surface area contributed by atoms with Gasteiger partial charge in [-0.3, -0.25) is 4.79 Å². The van der Waals surface area contributed by atoms with Crippen LogP contribution >= 0.6 is 0 Å². The largest absolute Gasteiger partial charge is 0.347 e. The summed E-state index contributed by atoms with van der Waals surface area (Å²) in [6.07, 6.45) is 8.47. The Hall–Kier alpha value is -3.20. The summed E-state index contributed by atoms with van der Waals surface area (Å²) in [6, 6.07) is 12.2. The number of hydrogen-bond acceptors (Lipinski definition) is 4. The quantitative estimate of drug-likeness (QED) is 0.638. The molecule has 28 heavy (non-hydrogen) atoms. The van der Waals surface area contributed by atoms with Crippen molar-refractivity contribution in [2.75, 3.05) is 13.1 Å². The molecule has 2 aromatic heterocycles. The molecule has 1 fully saturated rings. The first-order valence-corrected chi connectivity index (χ1v) is 9.78.